The third-order valence-corrected chi connectivity index (χ3v) is 2.28. The first-order chi connectivity index (χ1) is 7.33. The minimum absolute atomic E-state index is 0.612. The van der Waals surface area contributed by atoms with Gasteiger partial charge in [0.25, 0.3) is 0 Å². The quantitative estimate of drug-likeness (QED) is 0.709. The molecule has 0 fully saturated rings. The van der Waals surface area contributed by atoms with Gasteiger partial charge in [-0.25, -0.2) is 0 Å². The largest absolute Gasteiger partial charge is 0.398 e. The van der Waals surface area contributed by atoms with Gasteiger partial charge in [0.05, 0.1) is 11.6 Å². The molecule has 0 heterocycles. The third kappa shape index (κ3) is 1.68. The summed E-state index contributed by atoms with van der Waals surface area (Å²) in [6, 6.07) is 17.2. The molecule has 2 aromatic carbocycles. The summed E-state index contributed by atoms with van der Waals surface area (Å²) in [6.45, 7) is 0. The standard InChI is InChI=1S/C13H10N2/c14-9-11-7-4-8-12(15)13(11)10-5-2-1-3-6-10/h1-8H,15H2. The van der Waals surface area contributed by atoms with E-state index in [1.807, 2.05) is 36.4 Å². The van der Waals surface area contributed by atoms with E-state index < -0.39 is 0 Å². The zero-order valence-corrected chi connectivity index (χ0v) is 8.14. The van der Waals surface area contributed by atoms with Crippen LogP contribution >= 0.6 is 0 Å². The summed E-state index contributed by atoms with van der Waals surface area (Å²) in [5.74, 6) is 0. The molecule has 2 nitrogen and oxygen atoms in total. The van der Waals surface area contributed by atoms with Gasteiger partial charge < -0.3 is 5.73 Å². The lowest BCUT2D eigenvalue weighted by molar-refractivity contribution is 1.48. The van der Waals surface area contributed by atoms with Gasteiger partial charge in [-0.15, -0.1) is 0 Å². The van der Waals surface area contributed by atoms with Crippen LogP contribution in [0.3, 0.4) is 0 Å². The van der Waals surface area contributed by atoms with Gasteiger partial charge in [-0.05, 0) is 17.7 Å². The molecule has 2 N–H and O–H groups in total. The Hall–Kier alpha value is -2.27. The fraction of sp³-hybridized carbons (Fsp3) is 0. The summed E-state index contributed by atoms with van der Waals surface area (Å²) in [7, 11) is 0. The highest BCUT2D eigenvalue weighted by molar-refractivity contribution is 5.81. The number of nitrogens with zero attached hydrogens (tertiary/aromatic N) is 1. The van der Waals surface area contributed by atoms with E-state index in [1.54, 1.807) is 12.1 Å². The molecular weight excluding hydrogens is 184 g/mol. The van der Waals surface area contributed by atoms with Crippen LogP contribution in [-0.4, -0.2) is 0 Å². The fourth-order valence-corrected chi connectivity index (χ4v) is 1.59. The highest BCUT2D eigenvalue weighted by Gasteiger charge is 2.07. The van der Waals surface area contributed by atoms with Crippen molar-refractivity contribution in [3.8, 4) is 17.2 Å². The third-order valence-electron chi connectivity index (χ3n) is 2.28. The first-order valence-electron chi connectivity index (χ1n) is 4.67. The molecule has 0 atom stereocenters. The van der Waals surface area contributed by atoms with Crippen LogP contribution in [0.25, 0.3) is 11.1 Å². The number of anilines is 1. The van der Waals surface area contributed by atoms with Crippen molar-refractivity contribution in [2.24, 2.45) is 0 Å². The maximum Gasteiger partial charge on any atom is 0.0998 e. The lowest BCUT2D eigenvalue weighted by Gasteiger charge is -2.07. The second-order valence-corrected chi connectivity index (χ2v) is 3.25. The molecule has 2 aromatic rings. The number of hydrogen-bond acceptors (Lipinski definition) is 2. The molecule has 72 valence electrons. The molecule has 0 radical (unpaired) electrons. The lowest BCUT2D eigenvalue weighted by atomic mass is 9.99. The van der Waals surface area contributed by atoms with Gasteiger partial charge in [-0.3, -0.25) is 0 Å². The molecule has 0 aliphatic heterocycles. The van der Waals surface area contributed by atoms with Gasteiger partial charge in [-0.2, -0.15) is 5.26 Å². The Morgan fingerprint density at radius 2 is 1.67 bits per heavy atom. The topological polar surface area (TPSA) is 49.8 Å². The Morgan fingerprint density at radius 1 is 0.933 bits per heavy atom. The normalized spacial score (nSPS) is 9.53. The van der Waals surface area contributed by atoms with Crippen LogP contribution in [0.5, 0.6) is 0 Å². The van der Waals surface area contributed by atoms with Gasteiger partial charge in [0.2, 0.25) is 0 Å². The van der Waals surface area contributed by atoms with Gasteiger partial charge in [0.1, 0.15) is 0 Å². The molecule has 0 bridgehead atoms. The predicted octanol–water partition coefficient (Wildman–Crippen LogP) is 2.81. The van der Waals surface area contributed by atoms with E-state index in [0.29, 0.717) is 11.3 Å². The molecule has 0 aromatic heterocycles. The van der Waals surface area contributed by atoms with Crippen molar-refractivity contribution in [3.05, 3.63) is 54.1 Å². The Morgan fingerprint density at radius 3 is 2.33 bits per heavy atom. The van der Waals surface area contributed by atoms with E-state index in [-0.39, 0.29) is 0 Å². The summed E-state index contributed by atoms with van der Waals surface area (Å²) in [5.41, 5.74) is 8.93. The van der Waals surface area contributed by atoms with Crippen LogP contribution in [0.15, 0.2) is 48.5 Å². The molecule has 2 rings (SSSR count). The maximum absolute atomic E-state index is 9.00. The number of nitriles is 1. The Balaban J connectivity index is 2.68. The monoisotopic (exact) mass is 194 g/mol. The molecule has 0 amide bonds. The SMILES string of the molecule is N#Cc1cccc(N)c1-c1ccccc1. The number of benzene rings is 2. The predicted molar refractivity (Wildman–Crippen MR) is 61.0 cm³/mol. The second-order valence-electron chi connectivity index (χ2n) is 3.25. The van der Waals surface area contributed by atoms with Gasteiger partial charge >= 0.3 is 0 Å². The molecule has 0 saturated carbocycles. The summed E-state index contributed by atoms with van der Waals surface area (Å²) in [4.78, 5) is 0. The summed E-state index contributed by atoms with van der Waals surface area (Å²) in [5, 5.41) is 9.00. The van der Waals surface area contributed by atoms with Gasteiger partial charge in [0, 0.05) is 11.3 Å². The van der Waals surface area contributed by atoms with E-state index in [0.717, 1.165) is 11.1 Å². The number of nitrogen functional groups attached to an aromatic ring is 1. The first kappa shape index (κ1) is 9.29. The van der Waals surface area contributed by atoms with E-state index in [1.165, 1.54) is 0 Å². The van der Waals surface area contributed by atoms with Crippen molar-refractivity contribution < 1.29 is 0 Å². The first-order valence-corrected chi connectivity index (χ1v) is 4.67. The van der Waals surface area contributed by atoms with Crippen molar-refractivity contribution in [1.82, 2.24) is 0 Å². The number of hydrogen-bond donors (Lipinski definition) is 1. The highest BCUT2D eigenvalue weighted by atomic mass is 14.6. The van der Waals surface area contributed by atoms with Gasteiger partial charge in [0.15, 0.2) is 0 Å². The van der Waals surface area contributed by atoms with E-state index in [4.69, 9.17) is 11.0 Å². The minimum Gasteiger partial charge on any atom is -0.398 e. The molecule has 0 spiro atoms. The molecule has 0 aliphatic rings. The van der Waals surface area contributed by atoms with Crippen LogP contribution < -0.4 is 5.73 Å². The Kier molecular flexibility index (Phi) is 2.38. The average Bonchev–Trinajstić information content (AvgIpc) is 2.29. The van der Waals surface area contributed by atoms with Crippen LogP contribution in [0.4, 0.5) is 5.69 Å². The number of rotatable bonds is 1. The summed E-state index contributed by atoms with van der Waals surface area (Å²) in [6.07, 6.45) is 0. The second kappa shape index (κ2) is 3.85. The fourth-order valence-electron chi connectivity index (χ4n) is 1.59. The van der Waals surface area contributed by atoms with Crippen LogP contribution in [-0.2, 0) is 0 Å². The molecule has 0 saturated heterocycles. The average molecular weight is 194 g/mol. The zero-order valence-electron chi connectivity index (χ0n) is 8.14. The molecule has 0 unspecified atom stereocenters. The van der Waals surface area contributed by atoms with Crippen molar-refractivity contribution in [2.75, 3.05) is 5.73 Å². The minimum atomic E-state index is 0.612. The molecule has 0 aliphatic carbocycles. The Bertz CT molecular complexity index is 510. The van der Waals surface area contributed by atoms with E-state index in [2.05, 4.69) is 6.07 Å². The highest BCUT2D eigenvalue weighted by Crippen LogP contribution is 2.28. The summed E-state index contributed by atoms with van der Waals surface area (Å²) < 4.78 is 0. The van der Waals surface area contributed by atoms with Crippen LogP contribution in [0.1, 0.15) is 5.56 Å². The van der Waals surface area contributed by atoms with Crippen LogP contribution in [0.2, 0.25) is 0 Å². The number of nitrogens with two attached hydrogens (primary N) is 1. The van der Waals surface area contributed by atoms with Crippen LogP contribution in [0, 0.1) is 11.3 Å². The van der Waals surface area contributed by atoms with E-state index >= 15 is 0 Å². The van der Waals surface area contributed by atoms with E-state index in [9.17, 15) is 0 Å². The van der Waals surface area contributed by atoms with Gasteiger partial charge in [-0.1, -0.05) is 36.4 Å². The Labute approximate surface area is 88.6 Å². The van der Waals surface area contributed by atoms with Crippen molar-refractivity contribution in [1.29, 1.82) is 5.26 Å². The zero-order chi connectivity index (χ0) is 10.7. The smallest absolute Gasteiger partial charge is 0.0998 e. The van der Waals surface area contributed by atoms with Crippen molar-refractivity contribution >= 4 is 5.69 Å². The lowest BCUT2D eigenvalue weighted by Crippen LogP contribution is -1.92. The summed E-state index contributed by atoms with van der Waals surface area (Å²) >= 11 is 0. The molecule has 2 heteroatoms. The molecule has 15 heavy (non-hydrogen) atoms. The van der Waals surface area contributed by atoms with Crippen molar-refractivity contribution in [2.45, 2.75) is 0 Å². The maximum atomic E-state index is 9.00. The molecular formula is C13H10N2. The van der Waals surface area contributed by atoms with Crippen molar-refractivity contribution in [3.63, 3.8) is 0 Å².